The second-order valence-corrected chi connectivity index (χ2v) is 7.11. The highest BCUT2D eigenvalue weighted by Crippen LogP contribution is 2.18. The van der Waals surface area contributed by atoms with Crippen LogP contribution in [0.1, 0.15) is 37.4 Å². The summed E-state index contributed by atoms with van der Waals surface area (Å²) in [5.74, 6) is -0.310. The Hall–Kier alpha value is -3.15. The number of hydrogen-bond acceptors (Lipinski definition) is 3. The van der Waals surface area contributed by atoms with Crippen molar-refractivity contribution >= 4 is 22.5 Å². The molecule has 146 valence electrons. The van der Waals surface area contributed by atoms with E-state index in [1.165, 1.54) is 9.13 Å². The molecule has 0 saturated carbocycles. The predicted octanol–water partition coefficient (Wildman–Crippen LogP) is 3.39. The highest BCUT2D eigenvalue weighted by atomic mass is 16.2. The van der Waals surface area contributed by atoms with E-state index in [-0.39, 0.29) is 24.1 Å². The standard InChI is InChI=1S/C22H25N3O3/c1-5-15(3)25-21(27)17-10-6-7-12-19(17)24(22(25)28)13-20(26)23-18-11-8-9-14(2)16(18)4/h6-12,15H,5,13H2,1-4H3,(H,23,26). The zero-order valence-corrected chi connectivity index (χ0v) is 16.7. The molecule has 1 atom stereocenters. The van der Waals surface area contributed by atoms with Crippen molar-refractivity contribution < 1.29 is 4.79 Å². The fourth-order valence-electron chi connectivity index (χ4n) is 3.28. The fourth-order valence-corrected chi connectivity index (χ4v) is 3.28. The topological polar surface area (TPSA) is 73.1 Å². The van der Waals surface area contributed by atoms with Crippen LogP contribution in [-0.4, -0.2) is 15.0 Å². The van der Waals surface area contributed by atoms with E-state index >= 15 is 0 Å². The molecule has 6 heteroatoms. The zero-order valence-electron chi connectivity index (χ0n) is 16.7. The van der Waals surface area contributed by atoms with Crippen LogP contribution in [0.4, 0.5) is 5.69 Å². The number of nitrogens with zero attached hydrogens (tertiary/aromatic N) is 2. The third-order valence-corrected chi connectivity index (χ3v) is 5.29. The first-order valence-corrected chi connectivity index (χ1v) is 9.45. The Bertz CT molecular complexity index is 1160. The first kappa shape index (κ1) is 19.6. The number of aromatic nitrogens is 2. The van der Waals surface area contributed by atoms with Crippen molar-refractivity contribution in [3.05, 3.63) is 74.4 Å². The van der Waals surface area contributed by atoms with Gasteiger partial charge in [-0.3, -0.25) is 18.7 Å². The van der Waals surface area contributed by atoms with Gasteiger partial charge in [-0.1, -0.05) is 31.2 Å². The molecule has 6 nitrogen and oxygen atoms in total. The molecule has 0 radical (unpaired) electrons. The van der Waals surface area contributed by atoms with Gasteiger partial charge < -0.3 is 5.32 Å². The first-order chi connectivity index (χ1) is 13.3. The van der Waals surface area contributed by atoms with Crippen LogP contribution in [0.5, 0.6) is 0 Å². The van der Waals surface area contributed by atoms with Crippen molar-refractivity contribution in [3.8, 4) is 0 Å². The number of nitrogens with one attached hydrogen (secondary N) is 1. The summed E-state index contributed by atoms with van der Waals surface area (Å²) >= 11 is 0. The van der Waals surface area contributed by atoms with E-state index in [2.05, 4.69) is 5.32 Å². The van der Waals surface area contributed by atoms with Crippen LogP contribution in [0.25, 0.3) is 10.9 Å². The molecule has 1 heterocycles. The van der Waals surface area contributed by atoms with Crippen LogP contribution in [0.2, 0.25) is 0 Å². The smallest absolute Gasteiger partial charge is 0.324 e. The van der Waals surface area contributed by atoms with E-state index in [1.807, 2.05) is 45.9 Å². The van der Waals surface area contributed by atoms with Crippen LogP contribution < -0.4 is 16.6 Å². The zero-order chi connectivity index (χ0) is 20.4. The van der Waals surface area contributed by atoms with Crippen molar-refractivity contribution in [1.82, 2.24) is 9.13 Å². The number of carbonyl (C=O) groups is 1. The molecule has 28 heavy (non-hydrogen) atoms. The van der Waals surface area contributed by atoms with Crippen molar-refractivity contribution in [1.29, 1.82) is 0 Å². The maximum absolute atomic E-state index is 13.1. The Morgan fingerprint density at radius 1 is 1.07 bits per heavy atom. The lowest BCUT2D eigenvalue weighted by Crippen LogP contribution is -2.43. The average Bonchev–Trinajstić information content (AvgIpc) is 2.68. The number of anilines is 1. The Morgan fingerprint density at radius 2 is 1.79 bits per heavy atom. The van der Waals surface area contributed by atoms with Gasteiger partial charge in [-0.15, -0.1) is 0 Å². The Kier molecular flexibility index (Phi) is 5.49. The predicted molar refractivity (Wildman–Crippen MR) is 112 cm³/mol. The minimum atomic E-state index is -0.464. The Balaban J connectivity index is 2.07. The molecule has 0 bridgehead atoms. The molecule has 3 rings (SSSR count). The lowest BCUT2D eigenvalue weighted by Gasteiger charge is -2.18. The molecule has 2 aromatic carbocycles. The average molecular weight is 379 g/mol. The van der Waals surface area contributed by atoms with E-state index in [1.54, 1.807) is 24.3 Å². The number of para-hydroxylation sites is 1. The van der Waals surface area contributed by atoms with E-state index < -0.39 is 5.69 Å². The maximum Gasteiger partial charge on any atom is 0.332 e. The molecule has 0 aliphatic carbocycles. The summed E-state index contributed by atoms with van der Waals surface area (Å²) in [5.41, 5.74) is 2.46. The van der Waals surface area contributed by atoms with E-state index in [0.717, 1.165) is 16.8 Å². The van der Waals surface area contributed by atoms with Gasteiger partial charge in [-0.05, 0) is 56.5 Å². The normalized spacial score (nSPS) is 12.1. The minimum Gasteiger partial charge on any atom is -0.324 e. The van der Waals surface area contributed by atoms with E-state index in [4.69, 9.17) is 0 Å². The largest absolute Gasteiger partial charge is 0.332 e. The second-order valence-electron chi connectivity index (χ2n) is 7.11. The number of carbonyl (C=O) groups excluding carboxylic acids is 1. The number of benzene rings is 2. The molecule has 1 amide bonds. The second kappa shape index (κ2) is 7.84. The van der Waals surface area contributed by atoms with Crippen LogP contribution in [-0.2, 0) is 11.3 Å². The minimum absolute atomic E-state index is 0.163. The SMILES string of the molecule is CCC(C)n1c(=O)c2ccccc2n(CC(=O)Nc2cccc(C)c2C)c1=O. The molecule has 0 aliphatic rings. The third-order valence-electron chi connectivity index (χ3n) is 5.29. The quantitative estimate of drug-likeness (QED) is 0.738. The van der Waals surface area contributed by atoms with Crippen molar-refractivity contribution in [2.75, 3.05) is 5.32 Å². The van der Waals surface area contributed by atoms with Crippen LogP contribution >= 0.6 is 0 Å². The number of aryl methyl sites for hydroxylation is 1. The molecule has 0 saturated heterocycles. The summed E-state index contributed by atoms with van der Waals surface area (Å²) < 4.78 is 2.62. The maximum atomic E-state index is 13.1. The lowest BCUT2D eigenvalue weighted by atomic mass is 10.1. The van der Waals surface area contributed by atoms with Crippen LogP contribution in [0, 0.1) is 13.8 Å². The molecule has 0 spiro atoms. The van der Waals surface area contributed by atoms with E-state index in [9.17, 15) is 14.4 Å². The third kappa shape index (κ3) is 3.50. The molecule has 1 aromatic heterocycles. The number of rotatable bonds is 5. The van der Waals surface area contributed by atoms with Crippen LogP contribution in [0.15, 0.2) is 52.1 Å². The summed E-state index contributed by atoms with van der Waals surface area (Å²) in [6.45, 7) is 7.51. The van der Waals surface area contributed by atoms with Gasteiger partial charge in [0.05, 0.1) is 10.9 Å². The van der Waals surface area contributed by atoms with Crippen molar-refractivity contribution in [2.45, 2.75) is 46.7 Å². The van der Waals surface area contributed by atoms with Gasteiger partial charge in [-0.2, -0.15) is 0 Å². The highest BCUT2D eigenvalue weighted by molar-refractivity contribution is 5.92. The summed E-state index contributed by atoms with van der Waals surface area (Å²) in [6.07, 6.45) is 0.641. The summed E-state index contributed by atoms with van der Waals surface area (Å²) in [6, 6.07) is 12.3. The van der Waals surface area contributed by atoms with Gasteiger partial charge in [0.25, 0.3) is 5.56 Å². The molecule has 1 unspecified atom stereocenters. The Labute approximate surface area is 163 Å². The number of fused-ring (bicyclic) bond motifs is 1. The molecule has 3 aromatic rings. The molecular formula is C22H25N3O3. The first-order valence-electron chi connectivity index (χ1n) is 9.45. The van der Waals surface area contributed by atoms with Crippen LogP contribution in [0.3, 0.4) is 0 Å². The van der Waals surface area contributed by atoms with Gasteiger partial charge in [0.2, 0.25) is 5.91 Å². The molecule has 0 aliphatic heterocycles. The van der Waals surface area contributed by atoms with Gasteiger partial charge in [-0.25, -0.2) is 4.79 Å². The van der Waals surface area contributed by atoms with Crippen molar-refractivity contribution in [2.24, 2.45) is 0 Å². The van der Waals surface area contributed by atoms with Gasteiger partial charge in [0.15, 0.2) is 0 Å². The fraction of sp³-hybridized carbons (Fsp3) is 0.318. The Morgan fingerprint density at radius 3 is 2.50 bits per heavy atom. The van der Waals surface area contributed by atoms with Gasteiger partial charge in [0.1, 0.15) is 6.54 Å². The van der Waals surface area contributed by atoms with Gasteiger partial charge in [0, 0.05) is 11.7 Å². The van der Waals surface area contributed by atoms with E-state index in [0.29, 0.717) is 17.3 Å². The summed E-state index contributed by atoms with van der Waals surface area (Å²) in [7, 11) is 0. The van der Waals surface area contributed by atoms with Crippen molar-refractivity contribution in [3.63, 3.8) is 0 Å². The number of hydrogen-bond donors (Lipinski definition) is 1. The summed E-state index contributed by atoms with van der Waals surface area (Å²) in [4.78, 5) is 38.6. The van der Waals surface area contributed by atoms with Gasteiger partial charge >= 0.3 is 5.69 Å². The highest BCUT2D eigenvalue weighted by Gasteiger charge is 2.18. The molecular weight excluding hydrogens is 354 g/mol. The number of amides is 1. The monoisotopic (exact) mass is 379 g/mol. The molecule has 1 N–H and O–H groups in total. The lowest BCUT2D eigenvalue weighted by molar-refractivity contribution is -0.116. The molecule has 0 fully saturated rings. The summed E-state index contributed by atoms with van der Waals surface area (Å²) in [5, 5.41) is 3.32.